The Bertz CT molecular complexity index is 196. The Hall–Kier alpha value is -0.530. The normalized spacial score (nSPS) is 28.0. The van der Waals surface area contributed by atoms with E-state index in [2.05, 4.69) is 0 Å². The van der Waals surface area contributed by atoms with Gasteiger partial charge in [0.2, 0.25) is 5.91 Å². The summed E-state index contributed by atoms with van der Waals surface area (Å²) in [6, 6.07) is 0. The van der Waals surface area contributed by atoms with Crippen molar-refractivity contribution in [3.05, 3.63) is 0 Å². The van der Waals surface area contributed by atoms with E-state index in [-0.39, 0.29) is 11.8 Å². The van der Waals surface area contributed by atoms with Gasteiger partial charge in [-0.25, -0.2) is 0 Å². The smallest absolute Gasteiger partial charge is 0.220 e. The Morgan fingerprint density at radius 3 is 2.08 bits per heavy atom. The second-order valence-electron chi connectivity index (χ2n) is 4.88. The van der Waals surface area contributed by atoms with Crippen LogP contribution < -0.4 is 5.73 Å². The summed E-state index contributed by atoms with van der Waals surface area (Å²) in [5, 5.41) is 0. The molecule has 0 aromatic rings. The van der Waals surface area contributed by atoms with Crippen molar-refractivity contribution in [1.82, 2.24) is 0 Å². The van der Waals surface area contributed by atoms with Gasteiger partial charge >= 0.3 is 0 Å². The van der Waals surface area contributed by atoms with Crippen molar-refractivity contribution in [2.24, 2.45) is 17.1 Å². The molecule has 74 valence electrons. The first-order valence-corrected chi connectivity index (χ1v) is 5.51. The lowest BCUT2D eigenvalue weighted by Gasteiger charge is -2.36. The molecule has 2 rings (SSSR count). The first kappa shape index (κ1) is 9.04. The molecule has 0 atom stereocenters. The summed E-state index contributed by atoms with van der Waals surface area (Å²) >= 11 is 0. The molecule has 0 saturated heterocycles. The summed E-state index contributed by atoms with van der Waals surface area (Å²) in [7, 11) is 0. The van der Waals surface area contributed by atoms with Gasteiger partial charge in [-0.15, -0.1) is 0 Å². The molecule has 0 aromatic carbocycles. The van der Waals surface area contributed by atoms with E-state index in [1.807, 2.05) is 0 Å². The molecule has 2 N–H and O–H groups in total. The largest absolute Gasteiger partial charge is 0.369 e. The molecule has 13 heavy (non-hydrogen) atoms. The van der Waals surface area contributed by atoms with Crippen LogP contribution in [0.5, 0.6) is 0 Å². The zero-order valence-corrected chi connectivity index (χ0v) is 8.22. The van der Waals surface area contributed by atoms with Gasteiger partial charge in [-0.1, -0.05) is 12.8 Å². The molecule has 0 bridgehead atoms. The molecule has 0 aromatic heterocycles. The average Bonchev–Trinajstić information content (AvgIpc) is 2.54. The molecule has 2 aliphatic carbocycles. The highest BCUT2D eigenvalue weighted by Gasteiger charge is 2.38. The zero-order chi connectivity index (χ0) is 9.31. The van der Waals surface area contributed by atoms with Crippen LogP contribution in [0, 0.1) is 11.3 Å². The summed E-state index contributed by atoms with van der Waals surface area (Å²) in [6.45, 7) is 0. The minimum atomic E-state index is -0.0761. The van der Waals surface area contributed by atoms with Gasteiger partial charge in [-0.05, 0) is 43.9 Å². The van der Waals surface area contributed by atoms with E-state index in [1.165, 1.54) is 38.5 Å². The first-order valence-electron chi connectivity index (χ1n) is 5.51. The van der Waals surface area contributed by atoms with Crippen molar-refractivity contribution in [3.8, 4) is 0 Å². The molecule has 0 aliphatic heterocycles. The first-order chi connectivity index (χ1) is 6.22. The highest BCUT2D eigenvalue weighted by Crippen LogP contribution is 2.50. The minimum absolute atomic E-state index is 0.0761. The Balaban J connectivity index is 1.91. The topological polar surface area (TPSA) is 43.1 Å². The van der Waals surface area contributed by atoms with Crippen LogP contribution in [0.25, 0.3) is 0 Å². The lowest BCUT2D eigenvalue weighted by molar-refractivity contribution is -0.123. The van der Waals surface area contributed by atoms with Crippen LogP contribution in [0.15, 0.2) is 0 Å². The number of primary amides is 1. The Kier molecular flexibility index (Phi) is 2.31. The quantitative estimate of drug-likeness (QED) is 0.662. The van der Waals surface area contributed by atoms with E-state index in [1.54, 1.807) is 0 Å². The Morgan fingerprint density at radius 2 is 1.62 bits per heavy atom. The van der Waals surface area contributed by atoms with Crippen molar-refractivity contribution in [1.29, 1.82) is 0 Å². The van der Waals surface area contributed by atoms with Crippen molar-refractivity contribution >= 4 is 5.91 Å². The zero-order valence-electron chi connectivity index (χ0n) is 8.22. The number of rotatable bonds is 1. The van der Waals surface area contributed by atoms with Gasteiger partial charge in [-0.2, -0.15) is 0 Å². The average molecular weight is 181 g/mol. The van der Waals surface area contributed by atoms with Crippen molar-refractivity contribution in [2.45, 2.75) is 51.4 Å². The molecular formula is C11H19NO. The fourth-order valence-corrected chi connectivity index (χ4v) is 3.14. The number of hydrogen-bond donors (Lipinski definition) is 1. The van der Waals surface area contributed by atoms with Gasteiger partial charge in [0.1, 0.15) is 0 Å². The molecule has 0 heterocycles. The molecule has 2 heteroatoms. The molecule has 0 unspecified atom stereocenters. The van der Waals surface area contributed by atoms with Crippen LogP contribution in [0.3, 0.4) is 0 Å². The van der Waals surface area contributed by atoms with Crippen LogP contribution in [-0.4, -0.2) is 5.91 Å². The molecule has 2 fully saturated rings. The third-order valence-corrected chi connectivity index (χ3v) is 4.11. The molecule has 1 amide bonds. The van der Waals surface area contributed by atoms with E-state index in [0.717, 1.165) is 12.8 Å². The minimum Gasteiger partial charge on any atom is -0.369 e. The monoisotopic (exact) mass is 181 g/mol. The van der Waals surface area contributed by atoms with E-state index in [4.69, 9.17) is 5.73 Å². The second-order valence-corrected chi connectivity index (χ2v) is 4.88. The van der Waals surface area contributed by atoms with Crippen LogP contribution >= 0.6 is 0 Å². The van der Waals surface area contributed by atoms with Crippen molar-refractivity contribution in [3.63, 3.8) is 0 Å². The van der Waals surface area contributed by atoms with Gasteiger partial charge in [0, 0.05) is 5.92 Å². The summed E-state index contributed by atoms with van der Waals surface area (Å²) < 4.78 is 0. The molecule has 2 saturated carbocycles. The number of amides is 1. The maximum atomic E-state index is 11.0. The van der Waals surface area contributed by atoms with Crippen LogP contribution in [-0.2, 0) is 4.79 Å². The number of carbonyl (C=O) groups is 1. The van der Waals surface area contributed by atoms with E-state index < -0.39 is 0 Å². The third-order valence-electron chi connectivity index (χ3n) is 4.11. The summed E-state index contributed by atoms with van der Waals surface area (Å²) in [6.07, 6.45) is 10.2. The molecule has 2 nitrogen and oxygen atoms in total. The maximum Gasteiger partial charge on any atom is 0.220 e. The van der Waals surface area contributed by atoms with Gasteiger partial charge in [0.15, 0.2) is 0 Å². The van der Waals surface area contributed by atoms with Gasteiger partial charge in [-0.3, -0.25) is 4.79 Å². The molecule has 0 radical (unpaired) electrons. The number of hydrogen-bond acceptors (Lipinski definition) is 1. The third kappa shape index (κ3) is 1.72. The molecule has 1 spiro atoms. The predicted molar refractivity (Wildman–Crippen MR) is 52.1 cm³/mol. The fraction of sp³-hybridized carbons (Fsp3) is 0.909. The second kappa shape index (κ2) is 3.32. The summed E-state index contributed by atoms with van der Waals surface area (Å²) in [5.41, 5.74) is 5.95. The van der Waals surface area contributed by atoms with Crippen molar-refractivity contribution < 1.29 is 4.79 Å². The summed E-state index contributed by atoms with van der Waals surface area (Å²) in [4.78, 5) is 11.0. The highest BCUT2D eigenvalue weighted by atomic mass is 16.1. The summed E-state index contributed by atoms with van der Waals surface area (Å²) in [5.74, 6) is 0.110. The Morgan fingerprint density at radius 1 is 1.08 bits per heavy atom. The number of nitrogens with two attached hydrogens (primary N) is 1. The molecule has 2 aliphatic rings. The van der Waals surface area contributed by atoms with E-state index in [0.29, 0.717) is 5.41 Å². The van der Waals surface area contributed by atoms with Crippen LogP contribution in [0.2, 0.25) is 0 Å². The van der Waals surface area contributed by atoms with Crippen LogP contribution in [0.1, 0.15) is 51.4 Å². The Labute approximate surface area is 79.9 Å². The van der Waals surface area contributed by atoms with Crippen molar-refractivity contribution in [2.75, 3.05) is 0 Å². The van der Waals surface area contributed by atoms with E-state index in [9.17, 15) is 4.79 Å². The van der Waals surface area contributed by atoms with E-state index >= 15 is 0 Å². The van der Waals surface area contributed by atoms with Crippen LogP contribution in [0.4, 0.5) is 0 Å². The van der Waals surface area contributed by atoms with Gasteiger partial charge in [0.05, 0.1) is 0 Å². The fourth-order valence-electron chi connectivity index (χ4n) is 3.14. The van der Waals surface area contributed by atoms with Gasteiger partial charge in [0.25, 0.3) is 0 Å². The van der Waals surface area contributed by atoms with Gasteiger partial charge < -0.3 is 5.73 Å². The lowest BCUT2D eigenvalue weighted by atomic mass is 9.69. The highest BCUT2D eigenvalue weighted by molar-refractivity contribution is 5.76. The maximum absolute atomic E-state index is 11.0. The number of carbonyl (C=O) groups excluding carboxylic acids is 1. The molecular weight excluding hydrogens is 162 g/mol. The predicted octanol–water partition coefficient (Wildman–Crippen LogP) is 2.22. The standard InChI is InChI=1S/C11H19NO/c12-10(13)9-3-7-11(8-4-9)5-1-2-6-11/h9H,1-8H2,(H2,12,13). The lowest BCUT2D eigenvalue weighted by Crippen LogP contribution is -2.31. The SMILES string of the molecule is NC(=O)C1CCC2(CCCC2)CC1.